The smallest absolute Gasteiger partial charge is 0.409 e. The Morgan fingerprint density at radius 3 is 2.33 bits per heavy atom. The van der Waals surface area contributed by atoms with Crippen molar-refractivity contribution < 1.29 is 24.2 Å². The van der Waals surface area contributed by atoms with Gasteiger partial charge in [0.2, 0.25) is 5.91 Å². The fourth-order valence-electron chi connectivity index (χ4n) is 3.49. The van der Waals surface area contributed by atoms with Gasteiger partial charge >= 0.3 is 12.1 Å². The van der Waals surface area contributed by atoms with Crippen LogP contribution in [-0.4, -0.2) is 53.2 Å². The number of hydrogen-bond donors (Lipinski definition) is 2. The molecule has 2 fully saturated rings. The van der Waals surface area contributed by atoms with E-state index in [2.05, 4.69) is 5.32 Å². The van der Waals surface area contributed by atoms with Crippen molar-refractivity contribution in [3.8, 4) is 0 Å². The van der Waals surface area contributed by atoms with E-state index in [-0.39, 0.29) is 17.9 Å². The lowest BCUT2D eigenvalue weighted by atomic mass is 9.81. The van der Waals surface area contributed by atoms with Crippen molar-refractivity contribution in [1.29, 1.82) is 0 Å². The Labute approximate surface area is 142 Å². The van der Waals surface area contributed by atoms with E-state index >= 15 is 0 Å². The predicted octanol–water partition coefficient (Wildman–Crippen LogP) is 2.15. The molecule has 7 nitrogen and oxygen atoms in total. The number of aliphatic carboxylic acids is 1. The minimum atomic E-state index is -1.10. The normalized spacial score (nSPS) is 21.1. The third-order valence-electron chi connectivity index (χ3n) is 5.03. The molecule has 2 amide bonds. The van der Waals surface area contributed by atoms with Crippen molar-refractivity contribution in [3.05, 3.63) is 0 Å². The SMILES string of the molecule is CCCOC(=O)N1CCC(C(=O)NC2(C(=O)O)CCCCC2)CC1. The van der Waals surface area contributed by atoms with Gasteiger partial charge in [-0.15, -0.1) is 0 Å². The van der Waals surface area contributed by atoms with Crippen molar-refractivity contribution in [2.24, 2.45) is 5.92 Å². The van der Waals surface area contributed by atoms with Crippen LogP contribution in [0.1, 0.15) is 58.3 Å². The van der Waals surface area contributed by atoms with Gasteiger partial charge in [0, 0.05) is 19.0 Å². The summed E-state index contributed by atoms with van der Waals surface area (Å²) in [4.78, 5) is 37.6. The highest BCUT2D eigenvalue weighted by Crippen LogP contribution is 2.29. The minimum Gasteiger partial charge on any atom is -0.480 e. The molecule has 1 heterocycles. The summed E-state index contributed by atoms with van der Waals surface area (Å²) >= 11 is 0. The fraction of sp³-hybridized carbons (Fsp3) is 0.824. The van der Waals surface area contributed by atoms with Crippen LogP contribution in [0.2, 0.25) is 0 Å². The average Bonchev–Trinajstić information content (AvgIpc) is 2.60. The maximum absolute atomic E-state index is 12.5. The molecule has 1 saturated carbocycles. The lowest BCUT2D eigenvalue weighted by Gasteiger charge is -2.37. The van der Waals surface area contributed by atoms with Crippen LogP contribution < -0.4 is 5.32 Å². The van der Waals surface area contributed by atoms with Crippen LogP contribution >= 0.6 is 0 Å². The van der Waals surface area contributed by atoms with E-state index in [1.807, 2.05) is 6.92 Å². The summed E-state index contributed by atoms with van der Waals surface area (Å²) in [6, 6.07) is 0. The third kappa shape index (κ3) is 4.39. The van der Waals surface area contributed by atoms with Gasteiger partial charge in [0.05, 0.1) is 6.61 Å². The zero-order chi connectivity index (χ0) is 17.6. The first-order valence-corrected chi connectivity index (χ1v) is 8.95. The number of carboxylic acids is 1. The Kier molecular flexibility index (Phi) is 6.45. The number of carboxylic acid groups (broad SMARTS) is 1. The van der Waals surface area contributed by atoms with E-state index in [4.69, 9.17) is 4.74 Å². The highest BCUT2D eigenvalue weighted by atomic mass is 16.6. The number of nitrogens with zero attached hydrogens (tertiary/aromatic N) is 1. The highest BCUT2D eigenvalue weighted by molar-refractivity contribution is 5.88. The molecule has 0 spiro atoms. The molecule has 0 unspecified atom stereocenters. The van der Waals surface area contributed by atoms with Crippen LogP contribution in [0.3, 0.4) is 0 Å². The second-order valence-electron chi connectivity index (χ2n) is 6.81. The van der Waals surface area contributed by atoms with Crippen molar-refractivity contribution in [3.63, 3.8) is 0 Å². The molecular formula is C17H28N2O5. The molecule has 1 aliphatic carbocycles. The Balaban J connectivity index is 1.86. The molecule has 0 bridgehead atoms. The van der Waals surface area contributed by atoms with Gasteiger partial charge in [-0.05, 0) is 32.1 Å². The number of amides is 2. The number of hydrogen-bond acceptors (Lipinski definition) is 4. The Bertz CT molecular complexity index is 466. The van der Waals surface area contributed by atoms with Crippen LogP contribution in [0.25, 0.3) is 0 Å². The number of ether oxygens (including phenoxy) is 1. The Morgan fingerprint density at radius 1 is 1.17 bits per heavy atom. The van der Waals surface area contributed by atoms with Gasteiger partial charge in [0.15, 0.2) is 0 Å². The lowest BCUT2D eigenvalue weighted by molar-refractivity contribution is -0.150. The molecule has 1 aliphatic heterocycles. The Morgan fingerprint density at radius 2 is 1.79 bits per heavy atom. The first kappa shape index (κ1) is 18.5. The molecule has 136 valence electrons. The number of nitrogens with one attached hydrogen (secondary N) is 1. The van der Waals surface area contributed by atoms with E-state index in [1.165, 1.54) is 0 Å². The second-order valence-corrected chi connectivity index (χ2v) is 6.81. The molecule has 0 aromatic rings. The predicted molar refractivity (Wildman–Crippen MR) is 87.5 cm³/mol. The molecule has 0 radical (unpaired) electrons. The maximum atomic E-state index is 12.5. The summed E-state index contributed by atoms with van der Waals surface area (Å²) in [6.45, 7) is 3.29. The minimum absolute atomic E-state index is 0.194. The molecule has 7 heteroatoms. The first-order valence-electron chi connectivity index (χ1n) is 8.95. The molecular weight excluding hydrogens is 312 g/mol. The van der Waals surface area contributed by atoms with Gasteiger partial charge < -0.3 is 20.1 Å². The second kappa shape index (κ2) is 8.35. The van der Waals surface area contributed by atoms with E-state index in [0.717, 1.165) is 25.7 Å². The van der Waals surface area contributed by atoms with Crippen molar-refractivity contribution in [2.45, 2.75) is 63.8 Å². The van der Waals surface area contributed by atoms with Crippen LogP contribution in [0.4, 0.5) is 4.79 Å². The first-order chi connectivity index (χ1) is 11.5. The van der Waals surface area contributed by atoms with Crippen molar-refractivity contribution in [1.82, 2.24) is 10.2 Å². The summed E-state index contributed by atoms with van der Waals surface area (Å²) in [6.07, 6.45) is 5.20. The van der Waals surface area contributed by atoms with Crippen LogP contribution in [0.15, 0.2) is 0 Å². The molecule has 2 aliphatic rings. The maximum Gasteiger partial charge on any atom is 0.409 e. The standard InChI is InChI=1S/C17H28N2O5/c1-2-12-24-16(23)19-10-6-13(7-11-19)14(20)18-17(15(21)22)8-4-3-5-9-17/h13H,2-12H2,1H3,(H,18,20)(H,21,22). The molecule has 0 aromatic heterocycles. The van der Waals surface area contributed by atoms with Gasteiger partial charge in [-0.2, -0.15) is 0 Å². The largest absolute Gasteiger partial charge is 0.480 e. The van der Waals surface area contributed by atoms with Crippen LogP contribution in [-0.2, 0) is 14.3 Å². The van der Waals surface area contributed by atoms with Gasteiger partial charge in [-0.3, -0.25) is 4.79 Å². The van der Waals surface area contributed by atoms with E-state index < -0.39 is 11.5 Å². The molecule has 24 heavy (non-hydrogen) atoms. The third-order valence-corrected chi connectivity index (χ3v) is 5.03. The Hall–Kier alpha value is -1.79. The number of likely N-dealkylation sites (tertiary alicyclic amines) is 1. The van der Waals surface area contributed by atoms with Gasteiger partial charge in [-0.1, -0.05) is 26.2 Å². The summed E-state index contributed by atoms with van der Waals surface area (Å²) in [5.41, 5.74) is -1.10. The average molecular weight is 340 g/mol. The molecule has 2 N–H and O–H groups in total. The van der Waals surface area contributed by atoms with Crippen molar-refractivity contribution >= 4 is 18.0 Å². The molecule has 1 saturated heterocycles. The van der Waals surface area contributed by atoms with E-state index in [0.29, 0.717) is 45.4 Å². The fourth-order valence-corrected chi connectivity index (χ4v) is 3.49. The monoisotopic (exact) mass is 340 g/mol. The molecule has 0 aromatic carbocycles. The topological polar surface area (TPSA) is 95.9 Å². The summed E-state index contributed by atoms with van der Waals surface area (Å²) < 4.78 is 5.10. The lowest BCUT2D eigenvalue weighted by Crippen LogP contribution is -2.57. The van der Waals surface area contributed by atoms with Gasteiger partial charge in [0.25, 0.3) is 0 Å². The summed E-state index contributed by atoms with van der Waals surface area (Å²) in [7, 11) is 0. The van der Waals surface area contributed by atoms with Crippen LogP contribution in [0, 0.1) is 5.92 Å². The van der Waals surface area contributed by atoms with Crippen molar-refractivity contribution in [2.75, 3.05) is 19.7 Å². The summed E-state index contributed by atoms with van der Waals surface area (Å²) in [5, 5.41) is 12.4. The molecule has 0 atom stereocenters. The quantitative estimate of drug-likeness (QED) is 0.799. The van der Waals surface area contributed by atoms with E-state index in [1.54, 1.807) is 4.90 Å². The number of carbonyl (C=O) groups is 3. The number of piperidine rings is 1. The van der Waals surface area contributed by atoms with E-state index in [9.17, 15) is 19.5 Å². The van der Waals surface area contributed by atoms with Gasteiger partial charge in [-0.25, -0.2) is 9.59 Å². The summed E-state index contributed by atoms with van der Waals surface area (Å²) in [5.74, 6) is -1.37. The van der Waals surface area contributed by atoms with Gasteiger partial charge in [0.1, 0.15) is 5.54 Å². The zero-order valence-corrected chi connectivity index (χ0v) is 14.4. The van der Waals surface area contributed by atoms with Crippen LogP contribution in [0.5, 0.6) is 0 Å². The zero-order valence-electron chi connectivity index (χ0n) is 14.4. The molecule has 2 rings (SSSR count). The highest BCUT2D eigenvalue weighted by Gasteiger charge is 2.42. The number of rotatable bonds is 5. The number of carbonyl (C=O) groups excluding carboxylic acids is 2.